The van der Waals surface area contributed by atoms with Gasteiger partial charge in [-0.25, -0.2) is 4.98 Å². The Morgan fingerprint density at radius 2 is 1.97 bits per heavy atom. The molecule has 2 aliphatic rings. The van der Waals surface area contributed by atoms with Crippen molar-refractivity contribution >= 4 is 17.6 Å². The van der Waals surface area contributed by atoms with E-state index in [4.69, 9.17) is 0 Å². The number of pyridine rings is 1. The number of nitrogens with zero attached hydrogens (tertiary/aromatic N) is 2. The number of aromatic nitrogens is 1. The summed E-state index contributed by atoms with van der Waals surface area (Å²) in [4.78, 5) is 32.0. The molecule has 0 atom stereocenters. The summed E-state index contributed by atoms with van der Waals surface area (Å²) in [6.07, 6.45) is 4.79. The zero-order chi connectivity index (χ0) is 22.2. The van der Waals surface area contributed by atoms with Crippen LogP contribution in [-0.2, 0) is 0 Å². The van der Waals surface area contributed by atoms with Crippen molar-refractivity contribution in [2.45, 2.75) is 51.6 Å². The van der Waals surface area contributed by atoms with Crippen LogP contribution in [0, 0.1) is 6.92 Å². The van der Waals surface area contributed by atoms with Crippen LogP contribution < -0.4 is 10.6 Å². The van der Waals surface area contributed by atoms with Crippen LogP contribution in [-0.4, -0.2) is 58.1 Å². The van der Waals surface area contributed by atoms with Crippen molar-refractivity contribution in [3.8, 4) is 11.1 Å². The van der Waals surface area contributed by atoms with Crippen molar-refractivity contribution in [1.82, 2.24) is 15.2 Å². The average molecular weight is 423 g/mol. The number of benzene rings is 1. The van der Waals surface area contributed by atoms with E-state index in [1.807, 2.05) is 45.0 Å². The number of hydrogen-bond acceptors (Lipinski definition) is 5. The molecule has 2 aromatic rings. The molecule has 7 nitrogen and oxygen atoms in total. The second-order valence-corrected chi connectivity index (χ2v) is 9.21. The minimum absolute atomic E-state index is 0.0721. The number of aryl methyl sites for hydroxylation is 1. The second kappa shape index (κ2) is 8.30. The van der Waals surface area contributed by atoms with E-state index in [-0.39, 0.29) is 18.4 Å². The van der Waals surface area contributed by atoms with Crippen LogP contribution >= 0.6 is 0 Å². The summed E-state index contributed by atoms with van der Waals surface area (Å²) < 4.78 is 0. The first-order chi connectivity index (χ1) is 14.8. The molecule has 164 valence electrons. The van der Waals surface area contributed by atoms with Crippen LogP contribution in [0.4, 0.5) is 5.82 Å². The van der Waals surface area contributed by atoms with Gasteiger partial charge in [0.15, 0.2) is 0 Å². The summed E-state index contributed by atoms with van der Waals surface area (Å²) in [6, 6.07) is 7.76. The normalized spacial score (nSPS) is 15.9. The first-order valence-corrected chi connectivity index (χ1v) is 10.9. The van der Waals surface area contributed by atoms with Gasteiger partial charge in [-0.15, -0.1) is 0 Å². The van der Waals surface area contributed by atoms with Gasteiger partial charge in [-0.05, 0) is 69.4 Å². The van der Waals surface area contributed by atoms with Gasteiger partial charge in [0.05, 0.1) is 17.7 Å². The Balaban J connectivity index is 1.71. The van der Waals surface area contributed by atoms with Crippen molar-refractivity contribution in [1.29, 1.82) is 0 Å². The molecule has 3 N–H and O–H groups in total. The van der Waals surface area contributed by atoms with Crippen LogP contribution in [0.5, 0.6) is 0 Å². The van der Waals surface area contributed by atoms with Crippen LogP contribution in [0.2, 0.25) is 0 Å². The third-order valence-electron chi connectivity index (χ3n) is 5.84. The number of nitrogens with one attached hydrogen (secondary N) is 2. The predicted molar refractivity (Wildman–Crippen MR) is 120 cm³/mol. The topological polar surface area (TPSA) is 94.6 Å². The maximum atomic E-state index is 13.1. The average Bonchev–Trinajstić information content (AvgIpc) is 3.51. The molecule has 1 saturated heterocycles. The fourth-order valence-corrected chi connectivity index (χ4v) is 3.50. The highest BCUT2D eigenvalue weighted by atomic mass is 16.3. The molecule has 0 spiro atoms. The summed E-state index contributed by atoms with van der Waals surface area (Å²) in [5.41, 5.74) is 3.13. The molecule has 1 aromatic carbocycles. The number of aliphatic hydroxyl groups excluding tert-OH is 1. The lowest BCUT2D eigenvalue weighted by Gasteiger charge is -2.32. The van der Waals surface area contributed by atoms with Gasteiger partial charge in [0.2, 0.25) is 0 Å². The molecule has 2 fully saturated rings. The first-order valence-electron chi connectivity index (χ1n) is 10.9. The van der Waals surface area contributed by atoms with Crippen LogP contribution in [0.1, 0.15) is 59.4 Å². The minimum atomic E-state index is -0.616. The third kappa shape index (κ3) is 4.71. The molecule has 0 radical (unpaired) electrons. The van der Waals surface area contributed by atoms with E-state index < -0.39 is 5.54 Å². The Bertz CT molecular complexity index is 1010. The number of carbonyl (C=O) groups is 2. The van der Waals surface area contributed by atoms with Crippen molar-refractivity contribution in [2.24, 2.45) is 0 Å². The fourth-order valence-electron chi connectivity index (χ4n) is 3.50. The maximum Gasteiger partial charge on any atom is 0.257 e. The van der Waals surface area contributed by atoms with Crippen molar-refractivity contribution < 1.29 is 14.7 Å². The highest BCUT2D eigenvalue weighted by Gasteiger charge is 2.28. The van der Waals surface area contributed by atoms with Gasteiger partial charge in [0.25, 0.3) is 11.8 Å². The first kappa shape index (κ1) is 21.3. The molecular weight excluding hydrogens is 392 g/mol. The Labute approximate surface area is 182 Å². The van der Waals surface area contributed by atoms with Gasteiger partial charge < -0.3 is 20.6 Å². The largest absolute Gasteiger partial charge is 0.394 e. The number of amides is 2. The minimum Gasteiger partial charge on any atom is -0.394 e. The molecule has 1 aliphatic carbocycles. The molecule has 2 heterocycles. The monoisotopic (exact) mass is 422 g/mol. The molecule has 1 aromatic heterocycles. The lowest BCUT2D eigenvalue weighted by atomic mass is 9.97. The summed E-state index contributed by atoms with van der Waals surface area (Å²) in [6.45, 7) is 7.07. The standard InChI is InChI=1S/C24H30N4O3/c1-15-5-6-16(22(30)26-18-7-8-18)11-19(15)17-12-20(23(31)28-9-4-10-28)21(25-13-17)27-24(2,3)14-29/h5-6,11-13,18,29H,4,7-10,14H2,1-3H3,(H,25,27)(H,26,30). The van der Waals surface area contributed by atoms with Crippen molar-refractivity contribution in [2.75, 3.05) is 25.0 Å². The number of hydrogen-bond donors (Lipinski definition) is 3. The van der Waals surface area contributed by atoms with E-state index in [9.17, 15) is 14.7 Å². The number of anilines is 1. The van der Waals surface area contributed by atoms with Gasteiger partial charge in [0, 0.05) is 36.5 Å². The molecule has 0 bridgehead atoms. The second-order valence-electron chi connectivity index (χ2n) is 9.21. The lowest BCUT2D eigenvalue weighted by molar-refractivity contribution is 0.0652. The zero-order valence-electron chi connectivity index (χ0n) is 18.4. The molecular formula is C24H30N4O3. The van der Waals surface area contributed by atoms with Crippen LogP contribution in [0.25, 0.3) is 11.1 Å². The molecule has 1 saturated carbocycles. The Kier molecular flexibility index (Phi) is 5.71. The summed E-state index contributed by atoms with van der Waals surface area (Å²) >= 11 is 0. The molecule has 2 amide bonds. The number of aliphatic hydroxyl groups is 1. The highest BCUT2D eigenvalue weighted by molar-refractivity contribution is 6.01. The van der Waals surface area contributed by atoms with E-state index in [1.165, 1.54) is 0 Å². The molecule has 0 unspecified atom stereocenters. The lowest BCUT2D eigenvalue weighted by Crippen LogP contribution is -2.43. The molecule has 4 rings (SSSR count). The maximum absolute atomic E-state index is 13.1. The van der Waals surface area contributed by atoms with Gasteiger partial charge in [-0.2, -0.15) is 0 Å². The number of carbonyl (C=O) groups excluding carboxylic acids is 2. The molecule has 31 heavy (non-hydrogen) atoms. The van der Waals surface area contributed by atoms with Gasteiger partial charge in [0.1, 0.15) is 5.82 Å². The molecule has 7 heteroatoms. The quantitative estimate of drug-likeness (QED) is 0.638. The van der Waals surface area contributed by atoms with E-state index in [1.54, 1.807) is 11.1 Å². The summed E-state index contributed by atoms with van der Waals surface area (Å²) in [5.74, 6) is 0.314. The SMILES string of the molecule is Cc1ccc(C(=O)NC2CC2)cc1-c1cnc(NC(C)(C)CO)c(C(=O)N2CCC2)c1. The van der Waals surface area contributed by atoms with Gasteiger partial charge in [-0.3, -0.25) is 9.59 Å². The number of rotatable bonds is 7. The van der Waals surface area contributed by atoms with Crippen molar-refractivity contribution in [3.05, 3.63) is 47.2 Å². The Morgan fingerprint density at radius 3 is 2.58 bits per heavy atom. The predicted octanol–water partition coefficient (Wildman–Crippen LogP) is 2.98. The molecule has 1 aliphatic heterocycles. The smallest absolute Gasteiger partial charge is 0.257 e. The van der Waals surface area contributed by atoms with E-state index in [0.717, 1.165) is 49.0 Å². The van der Waals surface area contributed by atoms with E-state index in [2.05, 4.69) is 15.6 Å². The summed E-state index contributed by atoms with van der Waals surface area (Å²) in [5, 5.41) is 15.9. The van der Waals surface area contributed by atoms with Crippen LogP contribution in [0.15, 0.2) is 30.5 Å². The van der Waals surface area contributed by atoms with Gasteiger partial charge in [-0.1, -0.05) is 6.07 Å². The summed E-state index contributed by atoms with van der Waals surface area (Å²) in [7, 11) is 0. The Hall–Kier alpha value is -2.93. The zero-order valence-corrected chi connectivity index (χ0v) is 18.4. The highest BCUT2D eigenvalue weighted by Crippen LogP contribution is 2.30. The van der Waals surface area contributed by atoms with Gasteiger partial charge >= 0.3 is 0 Å². The number of likely N-dealkylation sites (tertiary alicyclic amines) is 1. The van der Waals surface area contributed by atoms with Crippen molar-refractivity contribution in [3.63, 3.8) is 0 Å². The van der Waals surface area contributed by atoms with E-state index >= 15 is 0 Å². The van der Waals surface area contributed by atoms with Crippen LogP contribution in [0.3, 0.4) is 0 Å². The van der Waals surface area contributed by atoms with E-state index in [0.29, 0.717) is 23.0 Å². The Morgan fingerprint density at radius 1 is 1.23 bits per heavy atom. The fraction of sp³-hybridized carbons (Fsp3) is 0.458. The third-order valence-corrected chi connectivity index (χ3v) is 5.84.